The average Bonchev–Trinajstić information content (AvgIpc) is 3.18. The molecule has 0 radical (unpaired) electrons. The summed E-state index contributed by atoms with van der Waals surface area (Å²) in [6.07, 6.45) is 1.92. The zero-order valence-corrected chi connectivity index (χ0v) is 12.2. The fourth-order valence-electron chi connectivity index (χ4n) is 2.49. The first kappa shape index (κ1) is 14.0. The number of nitrogens with zero attached hydrogens (tertiary/aromatic N) is 2. The highest BCUT2D eigenvalue weighted by Crippen LogP contribution is 2.47. The van der Waals surface area contributed by atoms with Crippen LogP contribution in [-0.4, -0.2) is 54.2 Å². The molecule has 1 fully saturated rings. The molecule has 6 heteroatoms. The van der Waals surface area contributed by atoms with Gasteiger partial charge in [-0.1, -0.05) is 5.16 Å². The smallest absolute Gasteiger partial charge is 0.161 e. The van der Waals surface area contributed by atoms with Gasteiger partial charge in [0.1, 0.15) is 18.5 Å². The summed E-state index contributed by atoms with van der Waals surface area (Å²) in [6.45, 7) is 1.50. The molecule has 6 nitrogen and oxygen atoms in total. The van der Waals surface area contributed by atoms with Gasteiger partial charge in [-0.25, -0.2) is 0 Å². The van der Waals surface area contributed by atoms with Crippen molar-refractivity contribution in [3.63, 3.8) is 0 Å². The Morgan fingerprint density at radius 2 is 2.10 bits per heavy atom. The van der Waals surface area contributed by atoms with Crippen molar-refractivity contribution in [3.05, 3.63) is 17.7 Å². The Morgan fingerprint density at radius 3 is 2.86 bits per heavy atom. The summed E-state index contributed by atoms with van der Waals surface area (Å²) in [7, 11) is 4.04. The van der Waals surface area contributed by atoms with Gasteiger partial charge >= 0.3 is 0 Å². The largest absolute Gasteiger partial charge is 0.504 e. The molecule has 1 aromatic rings. The van der Waals surface area contributed by atoms with Crippen LogP contribution in [0.3, 0.4) is 0 Å². The summed E-state index contributed by atoms with van der Waals surface area (Å²) in [4.78, 5) is 7.50. The van der Waals surface area contributed by atoms with Crippen LogP contribution >= 0.6 is 0 Å². The lowest BCUT2D eigenvalue weighted by atomic mass is 10.0. The first-order valence-electron chi connectivity index (χ1n) is 7.14. The number of phenols is 2. The molecule has 2 N–H and O–H groups in total. The van der Waals surface area contributed by atoms with E-state index in [1.54, 1.807) is 0 Å². The van der Waals surface area contributed by atoms with Crippen LogP contribution in [0.25, 0.3) is 0 Å². The molecule has 3 rings (SSSR count). The number of hydrogen-bond acceptors (Lipinski definition) is 6. The van der Waals surface area contributed by atoms with E-state index >= 15 is 0 Å². The number of ether oxygens (including phenoxy) is 1. The topological polar surface area (TPSA) is 74.5 Å². The molecule has 2 aliphatic rings. The van der Waals surface area contributed by atoms with Crippen LogP contribution in [0.1, 0.15) is 18.4 Å². The van der Waals surface area contributed by atoms with Crippen LogP contribution in [-0.2, 0) is 4.84 Å². The van der Waals surface area contributed by atoms with E-state index in [1.807, 2.05) is 14.1 Å². The maximum atomic E-state index is 9.66. The van der Waals surface area contributed by atoms with Crippen LogP contribution in [0.5, 0.6) is 17.2 Å². The highest BCUT2D eigenvalue weighted by Gasteiger charge is 2.49. The van der Waals surface area contributed by atoms with Crippen molar-refractivity contribution in [2.45, 2.75) is 18.9 Å². The van der Waals surface area contributed by atoms with Crippen LogP contribution < -0.4 is 4.74 Å². The number of hydrogen-bond donors (Lipinski definition) is 2. The normalized spacial score (nSPS) is 24.4. The van der Waals surface area contributed by atoms with Crippen molar-refractivity contribution in [3.8, 4) is 17.2 Å². The van der Waals surface area contributed by atoms with Gasteiger partial charge in [-0.3, -0.25) is 0 Å². The zero-order chi connectivity index (χ0) is 15.0. The molecule has 0 spiro atoms. The van der Waals surface area contributed by atoms with Gasteiger partial charge in [0.15, 0.2) is 11.5 Å². The minimum absolute atomic E-state index is 0.116. The van der Waals surface area contributed by atoms with Crippen molar-refractivity contribution in [1.29, 1.82) is 0 Å². The highest BCUT2D eigenvalue weighted by molar-refractivity contribution is 6.07. The van der Waals surface area contributed by atoms with E-state index in [4.69, 9.17) is 9.57 Å². The third-order valence-corrected chi connectivity index (χ3v) is 3.72. The monoisotopic (exact) mass is 292 g/mol. The molecule has 1 aromatic carbocycles. The summed E-state index contributed by atoms with van der Waals surface area (Å²) in [5.41, 5.74) is 1.51. The summed E-state index contributed by atoms with van der Waals surface area (Å²) in [5, 5.41) is 23.5. The van der Waals surface area contributed by atoms with E-state index in [-0.39, 0.29) is 23.5 Å². The number of fused-ring (bicyclic) bond motifs is 2. The Balaban J connectivity index is 1.73. The zero-order valence-electron chi connectivity index (χ0n) is 12.2. The number of phenolic OH excluding ortho intramolecular Hbond substituents is 2. The number of benzene rings is 1. The first-order valence-corrected chi connectivity index (χ1v) is 7.14. The van der Waals surface area contributed by atoms with Gasteiger partial charge in [-0.2, -0.15) is 0 Å². The Bertz CT molecular complexity index is 571. The Morgan fingerprint density at radius 1 is 1.33 bits per heavy atom. The van der Waals surface area contributed by atoms with Gasteiger partial charge in [-0.05, 0) is 33.0 Å². The van der Waals surface area contributed by atoms with Crippen LogP contribution in [0.4, 0.5) is 0 Å². The highest BCUT2D eigenvalue weighted by atomic mass is 16.6. The molecule has 1 saturated carbocycles. The lowest BCUT2D eigenvalue weighted by Crippen LogP contribution is -2.19. The van der Waals surface area contributed by atoms with E-state index in [2.05, 4.69) is 10.1 Å². The third-order valence-electron chi connectivity index (χ3n) is 3.72. The second kappa shape index (κ2) is 5.44. The van der Waals surface area contributed by atoms with Gasteiger partial charge in [0, 0.05) is 24.1 Å². The minimum Gasteiger partial charge on any atom is -0.504 e. The van der Waals surface area contributed by atoms with Gasteiger partial charge in [0.2, 0.25) is 0 Å². The Labute approximate surface area is 123 Å². The summed E-state index contributed by atoms with van der Waals surface area (Å²) >= 11 is 0. The lowest BCUT2D eigenvalue weighted by Gasteiger charge is -2.19. The molecule has 0 amide bonds. The summed E-state index contributed by atoms with van der Waals surface area (Å²) in [5.74, 6) is 0.436. The Hall–Kier alpha value is -1.95. The first-order chi connectivity index (χ1) is 10.1. The van der Waals surface area contributed by atoms with Gasteiger partial charge in [-0.15, -0.1) is 0 Å². The second-order valence-corrected chi connectivity index (χ2v) is 5.80. The molecule has 0 bridgehead atoms. The molecule has 1 heterocycles. The van der Waals surface area contributed by atoms with E-state index in [9.17, 15) is 10.2 Å². The van der Waals surface area contributed by atoms with Crippen LogP contribution in [0.15, 0.2) is 17.3 Å². The molecule has 2 unspecified atom stereocenters. The van der Waals surface area contributed by atoms with E-state index < -0.39 is 0 Å². The summed E-state index contributed by atoms with van der Waals surface area (Å²) < 4.78 is 5.72. The number of aromatic hydroxyl groups is 2. The number of rotatable bonds is 5. The van der Waals surface area contributed by atoms with Gasteiger partial charge in [0.05, 0.1) is 5.71 Å². The fourth-order valence-corrected chi connectivity index (χ4v) is 2.49. The van der Waals surface area contributed by atoms with E-state index in [1.165, 1.54) is 12.1 Å². The quantitative estimate of drug-likeness (QED) is 0.489. The predicted octanol–water partition coefficient (Wildman–Crippen LogP) is 1.55. The van der Waals surface area contributed by atoms with Crippen molar-refractivity contribution >= 4 is 5.71 Å². The molecular formula is C15H20N2O4. The SMILES string of the molecule is CN(C)CCCON=C1c2cc(O)c(O)cc2OC2CC12. The van der Waals surface area contributed by atoms with Crippen LogP contribution in [0.2, 0.25) is 0 Å². The minimum atomic E-state index is -0.181. The van der Waals surface area contributed by atoms with E-state index in [0.29, 0.717) is 17.9 Å². The average molecular weight is 292 g/mol. The van der Waals surface area contributed by atoms with Crippen molar-refractivity contribution in [1.82, 2.24) is 4.90 Å². The predicted molar refractivity (Wildman–Crippen MR) is 78.0 cm³/mol. The molecule has 21 heavy (non-hydrogen) atoms. The van der Waals surface area contributed by atoms with Gasteiger partial charge < -0.3 is 24.7 Å². The molecular weight excluding hydrogens is 272 g/mol. The fraction of sp³-hybridized carbons (Fsp3) is 0.533. The number of oxime groups is 1. The molecule has 0 saturated heterocycles. The molecule has 2 atom stereocenters. The van der Waals surface area contributed by atoms with Crippen molar-refractivity contribution < 1.29 is 19.8 Å². The lowest BCUT2D eigenvalue weighted by molar-refractivity contribution is 0.133. The maximum absolute atomic E-state index is 9.66. The molecule has 1 aliphatic heterocycles. The maximum Gasteiger partial charge on any atom is 0.161 e. The van der Waals surface area contributed by atoms with E-state index in [0.717, 1.165) is 25.1 Å². The standard InChI is InChI=1S/C15H20N2O4/c1-17(2)4-3-5-20-16-15-9-6-11(18)12(19)8-14(9)21-13-7-10(13)15/h6,8,10,13,18-19H,3-5,7H2,1-2H3. The molecule has 1 aliphatic carbocycles. The second-order valence-electron chi connectivity index (χ2n) is 5.80. The van der Waals surface area contributed by atoms with Crippen LogP contribution in [0, 0.1) is 5.92 Å². The third kappa shape index (κ3) is 2.90. The molecule has 0 aromatic heterocycles. The van der Waals surface area contributed by atoms with Gasteiger partial charge in [0.25, 0.3) is 0 Å². The van der Waals surface area contributed by atoms with Crippen molar-refractivity contribution in [2.75, 3.05) is 27.2 Å². The molecule has 114 valence electrons. The van der Waals surface area contributed by atoms with Crippen molar-refractivity contribution in [2.24, 2.45) is 11.1 Å². The summed E-state index contributed by atoms with van der Waals surface area (Å²) in [6, 6.07) is 2.92. The Kier molecular flexibility index (Phi) is 3.63.